The fourth-order valence-electron chi connectivity index (χ4n) is 0.644. The molecule has 3 heteroatoms. The topological polar surface area (TPSA) is 54.4 Å². The molecular weight excluding hydrogens is 108 g/mol. The van der Waals surface area contributed by atoms with Crippen molar-refractivity contribution in [2.75, 3.05) is 0 Å². The van der Waals surface area contributed by atoms with Crippen molar-refractivity contribution in [2.24, 2.45) is 5.92 Å². The smallest absolute Gasteiger partial charge is 0.227 e. The van der Waals surface area contributed by atoms with Crippen molar-refractivity contribution in [2.45, 2.75) is 13.0 Å². The molecule has 3 nitrogen and oxygen atoms in total. The molecule has 0 saturated heterocycles. The molecule has 1 fully saturated rings. The van der Waals surface area contributed by atoms with Crippen LogP contribution in [0.3, 0.4) is 0 Å². The molecule has 0 aromatic carbocycles. The summed E-state index contributed by atoms with van der Waals surface area (Å²) in [6, 6.07) is 0. The maximum atomic E-state index is 10.3. The summed E-state index contributed by atoms with van der Waals surface area (Å²) in [5.41, 5.74) is 0. The van der Waals surface area contributed by atoms with Gasteiger partial charge in [-0.15, -0.1) is 0 Å². The van der Waals surface area contributed by atoms with Crippen LogP contribution in [0, 0.1) is 5.92 Å². The Morgan fingerprint density at radius 1 is 1.38 bits per heavy atom. The summed E-state index contributed by atoms with van der Waals surface area (Å²) in [6.45, 7) is 1.54. The first-order valence-corrected chi connectivity index (χ1v) is 2.40. The van der Waals surface area contributed by atoms with Gasteiger partial charge in [0.15, 0.2) is 0 Å². The second-order valence-corrected chi connectivity index (χ2v) is 1.96. The van der Waals surface area contributed by atoms with Crippen LogP contribution in [0.4, 0.5) is 0 Å². The van der Waals surface area contributed by atoms with Crippen LogP contribution in [-0.4, -0.2) is 22.8 Å². The number of Topliss-reactive ketones (excluding diaryl/α,β-unsaturated/α-hetero) is 2. The van der Waals surface area contributed by atoms with Gasteiger partial charge in [-0.25, -0.2) is 0 Å². The molecule has 1 N–H and O–H groups in total. The maximum absolute atomic E-state index is 10.3. The van der Waals surface area contributed by atoms with E-state index in [1.807, 2.05) is 0 Å². The van der Waals surface area contributed by atoms with Crippen molar-refractivity contribution in [3.63, 3.8) is 0 Å². The van der Waals surface area contributed by atoms with Crippen LogP contribution in [0.5, 0.6) is 0 Å². The normalized spacial score (nSPS) is 37.2. The highest BCUT2D eigenvalue weighted by atomic mass is 16.3. The third kappa shape index (κ3) is 0.419. The largest absolute Gasteiger partial charge is 0.384 e. The second-order valence-electron chi connectivity index (χ2n) is 1.96. The van der Waals surface area contributed by atoms with Crippen molar-refractivity contribution in [3.05, 3.63) is 0 Å². The Balaban J connectivity index is 2.68. The zero-order valence-corrected chi connectivity index (χ0v) is 4.42. The number of carbonyl (C=O) groups excluding carboxylic acids is 2. The zero-order valence-electron chi connectivity index (χ0n) is 4.42. The lowest BCUT2D eigenvalue weighted by molar-refractivity contribution is -0.157. The number of aliphatic hydroxyl groups is 1. The molecule has 1 rings (SSSR count). The molecule has 1 saturated carbocycles. The molecule has 0 aromatic heterocycles. The van der Waals surface area contributed by atoms with Crippen LogP contribution in [-0.2, 0) is 9.59 Å². The van der Waals surface area contributed by atoms with Crippen LogP contribution in [0.25, 0.3) is 0 Å². The van der Waals surface area contributed by atoms with Crippen LogP contribution in [0.15, 0.2) is 0 Å². The lowest BCUT2D eigenvalue weighted by Gasteiger charge is -2.24. The van der Waals surface area contributed by atoms with E-state index in [4.69, 9.17) is 5.11 Å². The quantitative estimate of drug-likeness (QED) is 0.417. The summed E-state index contributed by atoms with van der Waals surface area (Å²) in [6.07, 6.45) is -1.01. The van der Waals surface area contributed by atoms with Gasteiger partial charge in [0.2, 0.25) is 11.6 Å². The van der Waals surface area contributed by atoms with Gasteiger partial charge in [-0.05, 0) is 0 Å². The van der Waals surface area contributed by atoms with E-state index in [0.717, 1.165) is 0 Å². The average Bonchev–Trinajstić information content (AvgIpc) is 1.83. The summed E-state index contributed by atoms with van der Waals surface area (Å²) in [5.74, 6) is -1.54. The molecule has 1 aliphatic carbocycles. The highest BCUT2D eigenvalue weighted by Gasteiger charge is 2.44. The predicted octanol–water partition coefficient (Wildman–Crippen LogP) is -0.865. The van der Waals surface area contributed by atoms with E-state index in [1.165, 1.54) is 6.92 Å². The molecule has 0 amide bonds. The molecule has 0 bridgehead atoms. The third-order valence-corrected chi connectivity index (χ3v) is 1.40. The lowest BCUT2D eigenvalue weighted by atomic mass is 9.81. The van der Waals surface area contributed by atoms with E-state index in [9.17, 15) is 9.59 Å². The van der Waals surface area contributed by atoms with E-state index in [-0.39, 0.29) is 0 Å². The van der Waals surface area contributed by atoms with Crippen molar-refractivity contribution in [1.82, 2.24) is 0 Å². The van der Waals surface area contributed by atoms with Gasteiger partial charge in [-0.2, -0.15) is 0 Å². The minimum Gasteiger partial charge on any atom is -0.384 e. The standard InChI is InChI=1S/C5H6O3/c1-2-3(6)5(8)4(2)7/h2-3,6H,1H3. The summed E-state index contributed by atoms with van der Waals surface area (Å²) in [5, 5.41) is 8.59. The van der Waals surface area contributed by atoms with Crippen LogP contribution in [0.1, 0.15) is 6.92 Å². The van der Waals surface area contributed by atoms with Crippen LogP contribution in [0.2, 0.25) is 0 Å². The highest BCUT2D eigenvalue weighted by molar-refractivity contribution is 6.46. The molecular formula is C5H6O3. The van der Waals surface area contributed by atoms with Crippen LogP contribution < -0.4 is 0 Å². The van der Waals surface area contributed by atoms with E-state index < -0.39 is 23.6 Å². The molecule has 1 aliphatic rings. The minimum atomic E-state index is -1.01. The van der Waals surface area contributed by atoms with Gasteiger partial charge >= 0.3 is 0 Å². The van der Waals surface area contributed by atoms with Gasteiger partial charge in [-0.1, -0.05) is 6.92 Å². The van der Waals surface area contributed by atoms with E-state index in [0.29, 0.717) is 0 Å². The zero-order chi connectivity index (χ0) is 6.31. The predicted molar refractivity (Wildman–Crippen MR) is 25.2 cm³/mol. The minimum absolute atomic E-state index is 0.447. The third-order valence-electron chi connectivity index (χ3n) is 1.40. The maximum Gasteiger partial charge on any atom is 0.227 e. The molecule has 0 aliphatic heterocycles. The SMILES string of the molecule is CC1C(=O)C(=O)C1O. The van der Waals surface area contributed by atoms with E-state index in [1.54, 1.807) is 0 Å². The number of carbonyl (C=O) groups is 2. The Morgan fingerprint density at radius 3 is 2.00 bits per heavy atom. The van der Waals surface area contributed by atoms with E-state index >= 15 is 0 Å². The Kier molecular flexibility index (Phi) is 0.942. The lowest BCUT2D eigenvalue weighted by Crippen LogP contribution is -2.51. The van der Waals surface area contributed by atoms with Gasteiger partial charge < -0.3 is 5.11 Å². The monoisotopic (exact) mass is 114 g/mol. The van der Waals surface area contributed by atoms with E-state index in [2.05, 4.69) is 0 Å². The number of hydrogen-bond acceptors (Lipinski definition) is 3. The van der Waals surface area contributed by atoms with Gasteiger partial charge in [0, 0.05) is 0 Å². The van der Waals surface area contributed by atoms with Gasteiger partial charge in [0.05, 0.1) is 5.92 Å². The molecule has 0 spiro atoms. The summed E-state index contributed by atoms with van der Waals surface area (Å²) in [7, 11) is 0. The Hall–Kier alpha value is -0.700. The van der Waals surface area contributed by atoms with Gasteiger partial charge in [0.1, 0.15) is 6.10 Å². The summed E-state index contributed by atoms with van der Waals surface area (Å²) >= 11 is 0. The molecule has 0 radical (unpaired) electrons. The summed E-state index contributed by atoms with van der Waals surface area (Å²) in [4.78, 5) is 20.4. The van der Waals surface area contributed by atoms with Gasteiger partial charge in [-0.3, -0.25) is 9.59 Å². The number of ketones is 2. The average molecular weight is 114 g/mol. The van der Waals surface area contributed by atoms with Crippen LogP contribution >= 0.6 is 0 Å². The summed E-state index contributed by atoms with van der Waals surface area (Å²) < 4.78 is 0. The second kappa shape index (κ2) is 1.39. The van der Waals surface area contributed by atoms with Crippen molar-refractivity contribution in [1.29, 1.82) is 0 Å². The van der Waals surface area contributed by atoms with Crippen molar-refractivity contribution >= 4 is 11.6 Å². The number of aliphatic hydroxyl groups excluding tert-OH is 1. The molecule has 44 valence electrons. The van der Waals surface area contributed by atoms with Gasteiger partial charge in [0.25, 0.3) is 0 Å². The molecule has 0 heterocycles. The van der Waals surface area contributed by atoms with Crippen molar-refractivity contribution in [3.8, 4) is 0 Å². The number of hydrogen-bond donors (Lipinski definition) is 1. The fraction of sp³-hybridized carbons (Fsp3) is 0.600. The Labute approximate surface area is 46.3 Å². The highest BCUT2D eigenvalue weighted by Crippen LogP contribution is 2.17. The first kappa shape index (κ1) is 5.44. The first-order valence-electron chi connectivity index (χ1n) is 2.40. The Bertz CT molecular complexity index is 132. The fourth-order valence-corrected chi connectivity index (χ4v) is 0.644. The molecule has 8 heavy (non-hydrogen) atoms. The number of rotatable bonds is 0. The first-order chi connectivity index (χ1) is 3.64. The molecule has 2 atom stereocenters. The Morgan fingerprint density at radius 2 is 1.88 bits per heavy atom. The van der Waals surface area contributed by atoms with Crippen molar-refractivity contribution < 1.29 is 14.7 Å². The molecule has 2 unspecified atom stereocenters. The molecule has 0 aromatic rings.